The Morgan fingerprint density at radius 1 is 0.952 bits per heavy atom. The smallest absolute Gasteiger partial charge is 0.339 e. The summed E-state index contributed by atoms with van der Waals surface area (Å²) in [5, 5.41) is 0.799. The summed E-state index contributed by atoms with van der Waals surface area (Å²) in [6.07, 6.45) is -2.56. The van der Waals surface area contributed by atoms with Crippen LogP contribution in [0, 0.1) is 12.8 Å². The Hall–Kier alpha value is -2.49. The average Bonchev–Trinajstić information content (AvgIpc) is 2.92. The Labute approximate surface area is 256 Å². The Kier molecular flexibility index (Phi) is 9.75. The Balaban J connectivity index is 1.55. The maximum atomic E-state index is 13.8. The first-order chi connectivity index (χ1) is 19.5. The molecule has 0 spiro atoms. The number of alkyl halides is 3. The van der Waals surface area contributed by atoms with Crippen LogP contribution in [0.2, 0.25) is 10.0 Å². The summed E-state index contributed by atoms with van der Waals surface area (Å²) >= 11 is 12.4. The van der Waals surface area contributed by atoms with E-state index in [0.717, 1.165) is 43.6 Å². The van der Waals surface area contributed by atoms with Gasteiger partial charge >= 0.3 is 12.2 Å². The summed E-state index contributed by atoms with van der Waals surface area (Å²) in [5.74, 6) is 0.0175. The van der Waals surface area contributed by atoms with E-state index in [1.807, 2.05) is 11.0 Å². The van der Waals surface area contributed by atoms with Gasteiger partial charge in [0, 0.05) is 43.8 Å². The predicted octanol–water partition coefficient (Wildman–Crippen LogP) is 7.14. The molecule has 4 rings (SSSR count). The summed E-state index contributed by atoms with van der Waals surface area (Å²) in [4.78, 5) is 34.6. The molecule has 0 N–H and O–H groups in total. The maximum absolute atomic E-state index is 13.8. The Morgan fingerprint density at radius 3 is 2.21 bits per heavy atom. The lowest BCUT2D eigenvalue weighted by Gasteiger charge is -2.45. The lowest BCUT2D eigenvalue weighted by atomic mass is 9.91. The number of piperazine rings is 1. The van der Waals surface area contributed by atoms with Crippen molar-refractivity contribution in [2.75, 3.05) is 44.7 Å². The van der Waals surface area contributed by atoms with Crippen molar-refractivity contribution in [3.63, 3.8) is 0 Å². The van der Waals surface area contributed by atoms with Crippen LogP contribution in [0.1, 0.15) is 50.3 Å². The number of amides is 3. The molecule has 230 valence electrons. The maximum Gasteiger partial charge on any atom is 0.416 e. The molecular formula is C31H39Cl2F3N4O2. The summed E-state index contributed by atoms with van der Waals surface area (Å²) in [6.45, 7) is 10.7. The van der Waals surface area contributed by atoms with Crippen LogP contribution in [0.4, 0.5) is 23.7 Å². The van der Waals surface area contributed by atoms with Crippen LogP contribution in [0.25, 0.3) is 0 Å². The highest BCUT2D eigenvalue weighted by Gasteiger charge is 2.38. The number of anilines is 1. The zero-order valence-corrected chi connectivity index (χ0v) is 26.3. The minimum Gasteiger partial charge on any atom is -0.339 e. The fraction of sp³-hybridized carbons (Fsp3) is 0.548. The third kappa shape index (κ3) is 7.53. The number of benzene rings is 2. The van der Waals surface area contributed by atoms with Crippen molar-refractivity contribution in [3.05, 3.63) is 63.1 Å². The van der Waals surface area contributed by atoms with Gasteiger partial charge in [0.15, 0.2) is 0 Å². The number of likely N-dealkylation sites (tertiary alicyclic amines) is 1. The molecule has 2 fully saturated rings. The number of piperidine rings is 1. The molecule has 0 bridgehead atoms. The third-order valence-corrected chi connectivity index (χ3v) is 9.09. The van der Waals surface area contributed by atoms with Crippen molar-refractivity contribution in [1.82, 2.24) is 14.7 Å². The van der Waals surface area contributed by atoms with Crippen molar-refractivity contribution in [2.45, 2.75) is 64.7 Å². The number of hydrogen-bond donors (Lipinski definition) is 0. The van der Waals surface area contributed by atoms with Crippen molar-refractivity contribution in [1.29, 1.82) is 0 Å². The average molecular weight is 628 g/mol. The molecular weight excluding hydrogens is 588 g/mol. The molecule has 0 radical (unpaired) electrons. The quantitative estimate of drug-likeness (QED) is 0.362. The first-order valence-electron chi connectivity index (χ1n) is 14.3. The lowest BCUT2D eigenvalue weighted by Crippen LogP contribution is -2.60. The van der Waals surface area contributed by atoms with Gasteiger partial charge in [0.1, 0.15) is 0 Å². The molecule has 11 heteroatoms. The van der Waals surface area contributed by atoms with E-state index < -0.39 is 23.8 Å². The fourth-order valence-electron chi connectivity index (χ4n) is 5.90. The SMILES string of the molecule is Cc1cc(N(C)C(=O)N2CCN(C(=O)C3CCN(C(C)(C)C)CC3)C[C@H]2Cc2ccc(Cl)c(Cl)c2)cc(C(F)(F)F)c1. The van der Waals surface area contributed by atoms with E-state index in [1.165, 1.54) is 11.9 Å². The van der Waals surface area contributed by atoms with E-state index >= 15 is 0 Å². The highest BCUT2D eigenvalue weighted by molar-refractivity contribution is 6.42. The van der Waals surface area contributed by atoms with Crippen molar-refractivity contribution >= 4 is 40.8 Å². The number of carbonyl (C=O) groups excluding carboxylic acids is 2. The molecule has 0 aromatic heterocycles. The van der Waals surface area contributed by atoms with E-state index in [4.69, 9.17) is 23.2 Å². The molecule has 2 aliphatic rings. The molecule has 2 aromatic rings. The first kappa shape index (κ1) is 32.4. The molecule has 2 aromatic carbocycles. The topological polar surface area (TPSA) is 47.1 Å². The molecule has 2 saturated heterocycles. The van der Waals surface area contributed by atoms with Crippen molar-refractivity contribution < 1.29 is 22.8 Å². The van der Waals surface area contributed by atoms with Gasteiger partial charge in [-0.3, -0.25) is 14.6 Å². The van der Waals surface area contributed by atoms with Crippen molar-refractivity contribution in [3.8, 4) is 0 Å². The number of nitrogens with zero attached hydrogens (tertiary/aromatic N) is 4. The molecule has 0 unspecified atom stereocenters. The molecule has 6 nitrogen and oxygen atoms in total. The monoisotopic (exact) mass is 626 g/mol. The molecule has 2 aliphatic heterocycles. The molecule has 1 atom stereocenters. The number of urea groups is 1. The summed E-state index contributed by atoms with van der Waals surface area (Å²) in [7, 11) is 1.48. The number of carbonyl (C=O) groups is 2. The molecule has 0 aliphatic carbocycles. The minimum absolute atomic E-state index is 0.0507. The zero-order valence-electron chi connectivity index (χ0n) is 24.8. The standard InChI is InChI=1S/C31H39Cl2F3N4O2/c1-20-14-23(31(34,35)36)18-24(15-20)37(5)29(42)40-13-12-38(19-25(40)16-21-6-7-26(32)27(33)17-21)28(41)22-8-10-39(11-9-22)30(2,3)4/h6-7,14-15,17-18,22,25H,8-13,16,19H2,1-5H3/t25-/m1/s1. The molecule has 2 heterocycles. The van der Waals surface area contributed by atoms with Gasteiger partial charge in [-0.05, 0) is 102 Å². The minimum atomic E-state index is -4.53. The summed E-state index contributed by atoms with van der Waals surface area (Å²) < 4.78 is 40.5. The zero-order chi connectivity index (χ0) is 31.0. The lowest BCUT2D eigenvalue weighted by molar-refractivity contribution is -0.140. The van der Waals surface area contributed by atoms with Crippen LogP contribution in [0.5, 0.6) is 0 Å². The van der Waals surface area contributed by atoms with Crippen LogP contribution >= 0.6 is 23.2 Å². The highest BCUT2D eigenvalue weighted by atomic mass is 35.5. The Bertz CT molecular complexity index is 1310. The molecule has 0 saturated carbocycles. The van der Waals surface area contributed by atoms with Gasteiger partial charge in [-0.25, -0.2) is 4.79 Å². The van der Waals surface area contributed by atoms with Crippen LogP contribution in [0.15, 0.2) is 36.4 Å². The molecule has 42 heavy (non-hydrogen) atoms. The second-order valence-corrected chi connectivity index (χ2v) is 13.2. The third-order valence-electron chi connectivity index (χ3n) is 8.35. The summed E-state index contributed by atoms with van der Waals surface area (Å²) in [6, 6.07) is 8.05. The van der Waals surface area contributed by atoms with E-state index in [-0.39, 0.29) is 29.6 Å². The number of hydrogen-bond acceptors (Lipinski definition) is 3. The molecule has 3 amide bonds. The highest BCUT2D eigenvalue weighted by Crippen LogP contribution is 2.34. The Morgan fingerprint density at radius 2 is 1.62 bits per heavy atom. The van der Waals surface area contributed by atoms with Crippen LogP contribution in [0.3, 0.4) is 0 Å². The predicted molar refractivity (Wildman–Crippen MR) is 161 cm³/mol. The first-order valence-corrected chi connectivity index (χ1v) is 15.0. The van der Waals surface area contributed by atoms with Gasteiger partial charge in [-0.1, -0.05) is 29.3 Å². The second kappa shape index (κ2) is 12.6. The second-order valence-electron chi connectivity index (χ2n) is 12.4. The number of halogens is 5. The van der Waals surface area contributed by atoms with Gasteiger partial charge in [0.25, 0.3) is 0 Å². The normalized spacial score (nSPS) is 19.2. The van der Waals surface area contributed by atoms with E-state index in [0.29, 0.717) is 35.1 Å². The van der Waals surface area contributed by atoms with Crippen LogP contribution in [-0.2, 0) is 17.4 Å². The fourth-order valence-corrected chi connectivity index (χ4v) is 6.22. The van der Waals surface area contributed by atoms with Gasteiger partial charge in [0.05, 0.1) is 21.7 Å². The number of rotatable bonds is 4. The van der Waals surface area contributed by atoms with Gasteiger partial charge in [-0.2, -0.15) is 13.2 Å². The van der Waals surface area contributed by atoms with Crippen LogP contribution < -0.4 is 4.90 Å². The van der Waals surface area contributed by atoms with Crippen LogP contribution in [-0.4, -0.2) is 78.0 Å². The van der Waals surface area contributed by atoms with Gasteiger partial charge in [0.2, 0.25) is 5.91 Å². The number of aryl methyl sites for hydroxylation is 1. The largest absolute Gasteiger partial charge is 0.416 e. The van der Waals surface area contributed by atoms with E-state index in [2.05, 4.69) is 25.7 Å². The van der Waals surface area contributed by atoms with E-state index in [9.17, 15) is 22.8 Å². The van der Waals surface area contributed by atoms with Crippen molar-refractivity contribution in [2.24, 2.45) is 5.92 Å². The van der Waals surface area contributed by atoms with Gasteiger partial charge < -0.3 is 9.80 Å². The van der Waals surface area contributed by atoms with Gasteiger partial charge in [-0.15, -0.1) is 0 Å². The summed E-state index contributed by atoms with van der Waals surface area (Å²) in [5.41, 5.74) is 0.647. The van der Waals surface area contributed by atoms with E-state index in [1.54, 1.807) is 30.0 Å².